The lowest BCUT2D eigenvalue weighted by Crippen LogP contribution is -2.25. The first kappa shape index (κ1) is 10.4. The molecule has 0 saturated heterocycles. The fraction of sp³-hybridized carbons (Fsp3) is 0.200. The molecule has 0 bridgehead atoms. The van der Waals surface area contributed by atoms with Gasteiger partial charge in [0.1, 0.15) is 5.75 Å². The van der Waals surface area contributed by atoms with Crippen molar-refractivity contribution in [1.29, 1.82) is 0 Å². The van der Waals surface area contributed by atoms with Gasteiger partial charge in [0.05, 0.1) is 11.4 Å². The average Bonchev–Trinajstić information content (AvgIpc) is 2.19. The number of halogens is 1. The third-order valence-corrected chi connectivity index (χ3v) is 2.01. The summed E-state index contributed by atoms with van der Waals surface area (Å²) in [6.45, 7) is 1.14. The standard InChI is InChI=1S/C10H9FN2O3/c1-5(14)12-7-3-8-9(2-6(7)11)16-4-10(15)13-8/h2-3H,4H2,1H3,(H,12,14)(H,13,15). The maximum atomic E-state index is 13.4. The molecule has 2 N–H and O–H groups in total. The summed E-state index contributed by atoms with van der Waals surface area (Å²) in [6, 6.07) is 2.45. The number of carbonyl (C=O) groups excluding carboxylic acids is 2. The minimum atomic E-state index is -0.606. The van der Waals surface area contributed by atoms with Gasteiger partial charge in [-0.1, -0.05) is 0 Å². The number of carbonyl (C=O) groups is 2. The topological polar surface area (TPSA) is 67.4 Å². The van der Waals surface area contributed by atoms with E-state index in [9.17, 15) is 14.0 Å². The lowest BCUT2D eigenvalue weighted by Gasteiger charge is -2.19. The third-order valence-electron chi connectivity index (χ3n) is 2.01. The molecule has 5 nitrogen and oxygen atoms in total. The Morgan fingerprint density at radius 3 is 3.00 bits per heavy atom. The van der Waals surface area contributed by atoms with Crippen LogP contribution in [0.3, 0.4) is 0 Å². The molecule has 1 aliphatic rings. The number of rotatable bonds is 1. The summed E-state index contributed by atoms with van der Waals surface area (Å²) in [5.74, 6) is -1.05. The number of benzene rings is 1. The molecule has 0 atom stereocenters. The van der Waals surface area contributed by atoms with Crippen LogP contribution in [0.15, 0.2) is 12.1 Å². The highest BCUT2D eigenvalue weighted by Gasteiger charge is 2.18. The van der Waals surface area contributed by atoms with Crippen LogP contribution in [0.25, 0.3) is 0 Å². The van der Waals surface area contributed by atoms with Crippen molar-refractivity contribution in [3.63, 3.8) is 0 Å². The quantitative estimate of drug-likeness (QED) is 0.751. The SMILES string of the molecule is CC(=O)Nc1cc2c(cc1F)OCC(=O)N2. The highest BCUT2D eigenvalue weighted by atomic mass is 19.1. The van der Waals surface area contributed by atoms with Gasteiger partial charge in [-0.15, -0.1) is 0 Å². The lowest BCUT2D eigenvalue weighted by atomic mass is 10.2. The third kappa shape index (κ3) is 1.95. The van der Waals surface area contributed by atoms with E-state index in [0.29, 0.717) is 5.69 Å². The molecular formula is C10H9FN2O3. The molecule has 2 amide bonds. The first-order valence-corrected chi connectivity index (χ1v) is 4.60. The predicted molar refractivity (Wildman–Crippen MR) is 54.8 cm³/mol. The fourth-order valence-corrected chi connectivity index (χ4v) is 1.39. The maximum absolute atomic E-state index is 13.4. The smallest absolute Gasteiger partial charge is 0.262 e. The van der Waals surface area contributed by atoms with E-state index < -0.39 is 5.82 Å². The summed E-state index contributed by atoms with van der Waals surface area (Å²) in [6.07, 6.45) is 0. The number of fused-ring (bicyclic) bond motifs is 1. The van der Waals surface area contributed by atoms with Crippen LogP contribution in [-0.2, 0) is 9.59 Å². The van der Waals surface area contributed by atoms with Crippen molar-refractivity contribution in [3.05, 3.63) is 17.9 Å². The molecule has 0 saturated carbocycles. The van der Waals surface area contributed by atoms with Gasteiger partial charge in [-0.25, -0.2) is 4.39 Å². The van der Waals surface area contributed by atoms with Crippen molar-refractivity contribution in [2.75, 3.05) is 17.2 Å². The van der Waals surface area contributed by atoms with E-state index in [4.69, 9.17) is 4.74 Å². The molecule has 84 valence electrons. The largest absolute Gasteiger partial charge is 0.481 e. The van der Waals surface area contributed by atoms with Crippen molar-refractivity contribution < 1.29 is 18.7 Å². The molecular weight excluding hydrogens is 215 g/mol. The molecule has 1 heterocycles. The summed E-state index contributed by atoms with van der Waals surface area (Å²) in [4.78, 5) is 21.8. The van der Waals surface area contributed by atoms with Crippen LogP contribution in [0.5, 0.6) is 5.75 Å². The Hall–Kier alpha value is -2.11. The Kier molecular flexibility index (Phi) is 2.47. The summed E-state index contributed by atoms with van der Waals surface area (Å²) >= 11 is 0. The maximum Gasteiger partial charge on any atom is 0.262 e. The van der Waals surface area contributed by atoms with E-state index in [0.717, 1.165) is 6.07 Å². The van der Waals surface area contributed by atoms with Crippen molar-refractivity contribution in [1.82, 2.24) is 0 Å². The number of anilines is 2. The molecule has 0 unspecified atom stereocenters. The Bertz CT molecular complexity index is 473. The van der Waals surface area contributed by atoms with Gasteiger partial charge in [-0.3, -0.25) is 9.59 Å². The van der Waals surface area contributed by atoms with Gasteiger partial charge in [0.25, 0.3) is 5.91 Å². The number of amides is 2. The normalized spacial score (nSPS) is 13.5. The molecule has 16 heavy (non-hydrogen) atoms. The van der Waals surface area contributed by atoms with Crippen molar-refractivity contribution in [2.24, 2.45) is 0 Å². The zero-order valence-electron chi connectivity index (χ0n) is 8.46. The van der Waals surface area contributed by atoms with E-state index in [1.54, 1.807) is 0 Å². The van der Waals surface area contributed by atoms with Gasteiger partial charge >= 0.3 is 0 Å². The second kappa shape index (κ2) is 3.80. The highest BCUT2D eigenvalue weighted by molar-refractivity contribution is 5.97. The Morgan fingerprint density at radius 2 is 2.31 bits per heavy atom. The van der Waals surface area contributed by atoms with Gasteiger partial charge < -0.3 is 15.4 Å². The van der Waals surface area contributed by atoms with Gasteiger partial charge in [0.2, 0.25) is 5.91 Å². The first-order chi connectivity index (χ1) is 7.56. The molecule has 0 aliphatic carbocycles. The van der Waals surface area contributed by atoms with E-state index in [1.807, 2.05) is 0 Å². The zero-order valence-corrected chi connectivity index (χ0v) is 8.46. The first-order valence-electron chi connectivity index (χ1n) is 4.60. The molecule has 1 aliphatic heterocycles. The number of hydrogen-bond acceptors (Lipinski definition) is 3. The Balaban J connectivity index is 2.38. The van der Waals surface area contributed by atoms with E-state index in [1.165, 1.54) is 13.0 Å². The van der Waals surface area contributed by atoms with Crippen LogP contribution < -0.4 is 15.4 Å². The van der Waals surface area contributed by atoms with E-state index in [2.05, 4.69) is 10.6 Å². The average molecular weight is 224 g/mol. The van der Waals surface area contributed by atoms with E-state index in [-0.39, 0.29) is 29.9 Å². The molecule has 1 aromatic rings. The van der Waals surface area contributed by atoms with Crippen molar-refractivity contribution >= 4 is 23.2 Å². The van der Waals surface area contributed by atoms with Crippen molar-refractivity contribution in [3.8, 4) is 5.75 Å². The summed E-state index contributed by atoms with van der Waals surface area (Å²) < 4.78 is 18.4. The van der Waals surface area contributed by atoms with E-state index >= 15 is 0 Å². The second-order valence-corrected chi connectivity index (χ2v) is 3.35. The minimum Gasteiger partial charge on any atom is -0.481 e. The molecule has 0 aromatic heterocycles. The van der Waals surface area contributed by atoms with Crippen molar-refractivity contribution in [2.45, 2.75) is 6.92 Å². The molecule has 2 rings (SSSR count). The highest BCUT2D eigenvalue weighted by Crippen LogP contribution is 2.32. The number of nitrogens with one attached hydrogen (secondary N) is 2. The van der Waals surface area contributed by atoms with Gasteiger partial charge in [0, 0.05) is 13.0 Å². The minimum absolute atomic E-state index is 0.0112. The predicted octanol–water partition coefficient (Wildman–Crippen LogP) is 1.11. The number of hydrogen-bond donors (Lipinski definition) is 2. The van der Waals surface area contributed by atoms with Gasteiger partial charge in [-0.2, -0.15) is 0 Å². The molecule has 0 spiro atoms. The Labute approximate surface area is 90.6 Å². The molecule has 0 fully saturated rings. The fourth-order valence-electron chi connectivity index (χ4n) is 1.39. The lowest BCUT2D eigenvalue weighted by molar-refractivity contribution is -0.118. The van der Waals surface area contributed by atoms with Crippen LogP contribution in [0, 0.1) is 5.82 Å². The zero-order chi connectivity index (χ0) is 11.7. The number of ether oxygens (including phenoxy) is 1. The summed E-state index contributed by atoms with van der Waals surface area (Å²) in [5, 5.41) is 4.84. The summed E-state index contributed by atoms with van der Waals surface area (Å²) in [7, 11) is 0. The second-order valence-electron chi connectivity index (χ2n) is 3.35. The summed E-state index contributed by atoms with van der Waals surface area (Å²) in [5.41, 5.74) is 0.360. The van der Waals surface area contributed by atoms with Gasteiger partial charge in [0.15, 0.2) is 12.4 Å². The molecule has 0 radical (unpaired) electrons. The van der Waals surface area contributed by atoms with Crippen LogP contribution in [-0.4, -0.2) is 18.4 Å². The Morgan fingerprint density at radius 1 is 1.56 bits per heavy atom. The molecule has 1 aromatic carbocycles. The van der Waals surface area contributed by atoms with Crippen LogP contribution in [0.1, 0.15) is 6.92 Å². The monoisotopic (exact) mass is 224 g/mol. The molecule has 6 heteroatoms. The van der Waals surface area contributed by atoms with Gasteiger partial charge in [-0.05, 0) is 6.07 Å². The van der Waals surface area contributed by atoms with Crippen LogP contribution in [0.2, 0.25) is 0 Å². The van der Waals surface area contributed by atoms with Crippen LogP contribution in [0.4, 0.5) is 15.8 Å². The van der Waals surface area contributed by atoms with Crippen LogP contribution >= 0.6 is 0 Å².